The van der Waals surface area contributed by atoms with E-state index in [-0.39, 0.29) is 29.8 Å². The Morgan fingerprint density at radius 3 is 2.30 bits per heavy atom. The van der Waals surface area contributed by atoms with E-state index in [2.05, 4.69) is 10.6 Å². The molecule has 1 aromatic carbocycles. The Labute approximate surface area is 176 Å². The van der Waals surface area contributed by atoms with Crippen LogP contribution in [0.1, 0.15) is 31.2 Å². The zero-order valence-electron chi connectivity index (χ0n) is 17.3. The van der Waals surface area contributed by atoms with E-state index in [1.165, 1.54) is 28.4 Å². The first-order valence-electron chi connectivity index (χ1n) is 10.1. The van der Waals surface area contributed by atoms with Gasteiger partial charge in [0.05, 0.1) is 11.4 Å². The summed E-state index contributed by atoms with van der Waals surface area (Å²) in [6.45, 7) is 2.33. The summed E-state index contributed by atoms with van der Waals surface area (Å²) in [4.78, 5) is 38.8. The fraction of sp³-hybridized carbons (Fsp3) is 0.550. The van der Waals surface area contributed by atoms with E-state index in [1.54, 1.807) is 12.1 Å². The van der Waals surface area contributed by atoms with Crippen molar-refractivity contribution in [2.45, 2.75) is 49.6 Å². The topological polar surface area (TPSA) is 116 Å². The maximum atomic E-state index is 13.0. The molecule has 30 heavy (non-hydrogen) atoms. The Morgan fingerprint density at radius 1 is 1.00 bits per heavy atom. The van der Waals surface area contributed by atoms with E-state index in [0.29, 0.717) is 25.8 Å². The highest BCUT2D eigenvalue weighted by Gasteiger charge is 2.40. The zero-order valence-corrected chi connectivity index (χ0v) is 18.1. The van der Waals surface area contributed by atoms with Gasteiger partial charge in [0.15, 0.2) is 0 Å². The Kier molecular flexibility index (Phi) is 6.77. The number of hydrogen-bond acceptors (Lipinski definition) is 5. The molecule has 2 atom stereocenters. The van der Waals surface area contributed by atoms with Crippen molar-refractivity contribution >= 4 is 27.7 Å². The molecule has 0 spiro atoms. The van der Waals surface area contributed by atoms with Crippen LogP contribution < -0.4 is 10.6 Å². The van der Waals surface area contributed by atoms with Gasteiger partial charge in [0.2, 0.25) is 27.7 Å². The number of nitrogens with zero attached hydrogens (tertiary/aromatic N) is 2. The lowest BCUT2D eigenvalue weighted by Crippen LogP contribution is -2.51. The van der Waals surface area contributed by atoms with E-state index in [4.69, 9.17) is 0 Å². The quantitative estimate of drug-likeness (QED) is 0.651. The molecule has 0 aromatic heterocycles. The Hall–Kier alpha value is -2.46. The number of sulfonamides is 1. The molecule has 3 rings (SSSR count). The lowest BCUT2D eigenvalue weighted by Gasteiger charge is -2.25. The normalized spacial score (nSPS) is 22.1. The Bertz CT molecular complexity index is 916. The molecule has 10 heteroatoms. The maximum absolute atomic E-state index is 13.0. The van der Waals surface area contributed by atoms with E-state index in [0.717, 1.165) is 12.0 Å². The van der Waals surface area contributed by atoms with Crippen LogP contribution in [0.3, 0.4) is 0 Å². The summed E-state index contributed by atoms with van der Waals surface area (Å²) in [6, 6.07) is 5.13. The predicted molar refractivity (Wildman–Crippen MR) is 110 cm³/mol. The number of rotatable bonds is 6. The van der Waals surface area contributed by atoms with Crippen molar-refractivity contribution in [2.75, 3.05) is 26.7 Å². The molecule has 2 heterocycles. The lowest BCUT2D eigenvalue weighted by molar-refractivity contribution is -0.138. The van der Waals surface area contributed by atoms with Crippen molar-refractivity contribution in [3.63, 3.8) is 0 Å². The highest BCUT2D eigenvalue weighted by atomic mass is 32.2. The largest absolute Gasteiger partial charge is 0.357 e. The molecule has 1 unspecified atom stereocenters. The van der Waals surface area contributed by atoms with Gasteiger partial charge in [0, 0.05) is 20.1 Å². The minimum absolute atomic E-state index is 0.148. The standard InChI is InChI=1S/C20H28N4O5S/c1-14-7-9-15(10-8-14)30(28,29)24-12-4-6-17(24)20(27)22-13-18(25)23-11-3-5-16(23)19(26)21-2/h7-10,16-17H,3-6,11-13H2,1-2H3,(H,21,26)(H,22,27)/t16?,17-/m0/s1. The molecule has 2 N–H and O–H groups in total. The molecule has 2 aliphatic rings. The van der Waals surface area contributed by atoms with E-state index < -0.39 is 28.0 Å². The number of likely N-dealkylation sites (tertiary alicyclic amines) is 1. The second-order valence-electron chi connectivity index (χ2n) is 7.66. The van der Waals surface area contributed by atoms with Gasteiger partial charge >= 0.3 is 0 Å². The molecule has 2 aliphatic heterocycles. The summed E-state index contributed by atoms with van der Waals surface area (Å²) in [5.41, 5.74) is 0.945. The van der Waals surface area contributed by atoms with Gasteiger partial charge in [0.1, 0.15) is 12.1 Å². The zero-order chi connectivity index (χ0) is 21.9. The molecular weight excluding hydrogens is 408 g/mol. The van der Waals surface area contributed by atoms with Crippen molar-refractivity contribution in [3.05, 3.63) is 29.8 Å². The van der Waals surface area contributed by atoms with Gasteiger partial charge < -0.3 is 15.5 Å². The molecule has 3 amide bonds. The van der Waals surface area contributed by atoms with Gasteiger partial charge in [-0.15, -0.1) is 0 Å². The first kappa shape index (κ1) is 22.2. The van der Waals surface area contributed by atoms with Crippen molar-refractivity contribution in [3.8, 4) is 0 Å². The van der Waals surface area contributed by atoms with Gasteiger partial charge in [0.25, 0.3) is 0 Å². The van der Waals surface area contributed by atoms with Gasteiger partial charge in [-0.2, -0.15) is 4.31 Å². The van der Waals surface area contributed by atoms with Crippen LogP contribution in [0.15, 0.2) is 29.2 Å². The smallest absolute Gasteiger partial charge is 0.243 e. The molecule has 0 radical (unpaired) electrons. The maximum Gasteiger partial charge on any atom is 0.243 e. The van der Waals surface area contributed by atoms with Crippen LogP contribution in [-0.4, -0.2) is 74.1 Å². The number of likely N-dealkylation sites (N-methyl/N-ethyl adjacent to an activating group) is 1. The van der Waals surface area contributed by atoms with Gasteiger partial charge in [-0.05, 0) is 44.7 Å². The van der Waals surface area contributed by atoms with Crippen molar-refractivity contribution in [2.24, 2.45) is 0 Å². The second kappa shape index (κ2) is 9.13. The molecule has 9 nitrogen and oxygen atoms in total. The second-order valence-corrected chi connectivity index (χ2v) is 9.55. The Balaban J connectivity index is 1.64. The highest BCUT2D eigenvalue weighted by Crippen LogP contribution is 2.26. The molecule has 0 saturated carbocycles. The summed E-state index contributed by atoms with van der Waals surface area (Å²) >= 11 is 0. The van der Waals surface area contributed by atoms with Crippen LogP contribution in [0.25, 0.3) is 0 Å². The fourth-order valence-corrected chi connectivity index (χ4v) is 5.68. The highest BCUT2D eigenvalue weighted by molar-refractivity contribution is 7.89. The number of aryl methyl sites for hydroxylation is 1. The van der Waals surface area contributed by atoms with Crippen molar-refractivity contribution < 1.29 is 22.8 Å². The van der Waals surface area contributed by atoms with Crippen LogP contribution in [0.4, 0.5) is 0 Å². The summed E-state index contributed by atoms with van der Waals surface area (Å²) < 4.78 is 27.2. The minimum atomic E-state index is -3.80. The summed E-state index contributed by atoms with van der Waals surface area (Å²) in [7, 11) is -2.28. The predicted octanol–water partition coefficient (Wildman–Crippen LogP) is 0.00132. The van der Waals surface area contributed by atoms with Crippen LogP contribution in [0.2, 0.25) is 0 Å². The molecular formula is C20H28N4O5S. The number of carbonyl (C=O) groups is 3. The van der Waals surface area contributed by atoms with Crippen LogP contribution in [0, 0.1) is 6.92 Å². The molecule has 0 aliphatic carbocycles. The molecule has 2 saturated heterocycles. The first-order valence-corrected chi connectivity index (χ1v) is 11.6. The number of benzene rings is 1. The third kappa shape index (κ3) is 4.49. The lowest BCUT2D eigenvalue weighted by atomic mass is 10.2. The average Bonchev–Trinajstić information content (AvgIpc) is 3.41. The number of amides is 3. The van der Waals surface area contributed by atoms with Gasteiger partial charge in [-0.25, -0.2) is 8.42 Å². The average molecular weight is 437 g/mol. The van der Waals surface area contributed by atoms with Crippen LogP contribution in [0.5, 0.6) is 0 Å². The SMILES string of the molecule is CNC(=O)C1CCCN1C(=O)CNC(=O)[C@@H]1CCCN1S(=O)(=O)c1ccc(C)cc1. The number of carbonyl (C=O) groups excluding carboxylic acids is 3. The first-order chi connectivity index (χ1) is 14.3. The summed E-state index contributed by atoms with van der Waals surface area (Å²) in [5.74, 6) is -1.06. The van der Waals surface area contributed by atoms with Crippen molar-refractivity contribution in [1.29, 1.82) is 0 Å². The molecule has 1 aromatic rings. The number of hydrogen-bond donors (Lipinski definition) is 2. The van der Waals surface area contributed by atoms with E-state index >= 15 is 0 Å². The molecule has 0 bridgehead atoms. The summed E-state index contributed by atoms with van der Waals surface area (Å²) in [5, 5.41) is 5.12. The monoisotopic (exact) mass is 436 g/mol. The number of nitrogens with one attached hydrogen (secondary N) is 2. The van der Waals surface area contributed by atoms with Crippen LogP contribution in [-0.2, 0) is 24.4 Å². The van der Waals surface area contributed by atoms with Gasteiger partial charge in [-0.1, -0.05) is 17.7 Å². The van der Waals surface area contributed by atoms with E-state index in [1.807, 2.05) is 6.92 Å². The minimum Gasteiger partial charge on any atom is -0.357 e. The summed E-state index contributed by atoms with van der Waals surface area (Å²) in [6.07, 6.45) is 2.28. The van der Waals surface area contributed by atoms with E-state index in [9.17, 15) is 22.8 Å². The van der Waals surface area contributed by atoms with Crippen molar-refractivity contribution in [1.82, 2.24) is 19.8 Å². The Morgan fingerprint density at radius 2 is 1.63 bits per heavy atom. The molecule has 2 fully saturated rings. The van der Waals surface area contributed by atoms with Gasteiger partial charge in [-0.3, -0.25) is 14.4 Å². The third-order valence-electron chi connectivity index (χ3n) is 5.67. The van der Waals surface area contributed by atoms with Crippen LogP contribution >= 0.6 is 0 Å². The fourth-order valence-electron chi connectivity index (χ4n) is 4.02. The third-order valence-corrected chi connectivity index (χ3v) is 7.59. The molecule has 164 valence electrons.